The molecule has 16 nitrogen and oxygen atoms in total. The number of phosphoric ester groups is 2. The van der Waals surface area contributed by atoms with E-state index in [9.17, 15) is 53.8 Å². The number of aliphatic hydroxyl groups excluding tert-OH is 4. The molecule has 0 aliphatic heterocycles. The highest BCUT2D eigenvalue weighted by atomic mass is 31.2. The van der Waals surface area contributed by atoms with Crippen LogP contribution in [0.2, 0.25) is 0 Å². The van der Waals surface area contributed by atoms with E-state index in [2.05, 4.69) is 67.0 Å². The van der Waals surface area contributed by atoms with E-state index in [0.29, 0.717) is 12.8 Å². The number of unbranched alkanes of at least 4 members (excludes halogenated alkanes) is 18. The van der Waals surface area contributed by atoms with Gasteiger partial charge in [-0.2, -0.15) is 0 Å². The molecule has 0 saturated heterocycles. The predicted molar refractivity (Wildman–Crippen MR) is 250 cm³/mol. The maximum atomic E-state index is 13.0. The highest BCUT2D eigenvalue weighted by Crippen LogP contribution is 2.49. The summed E-state index contributed by atoms with van der Waals surface area (Å²) in [5.74, 6) is -1.22. The number of esters is 2. The zero-order valence-electron chi connectivity index (χ0n) is 39.2. The Kier molecular flexibility index (Phi) is 35.5. The highest BCUT2D eigenvalue weighted by Gasteiger charge is 2.54. The second-order valence-corrected chi connectivity index (χ2v) is 19.4. The first-order chi connectivity index (χ1) is 31.1. The Morgan fingerprint density at radius 1 is 0.508 bits per heavy atom. The lowest BCUT2D eigenvalue weighted by Crippen LogP contribution is -2.64. The second kappa shape index (κ2) is 37.9. The minimum absolute atomic E-state index is 0.0422. The zero-order valence-corrected chi connectivity index (χ0v) is 40.9. The molecular weight excluding hydrogens is 882 g/mol. The number of hydrogen-bond donors (Lipinski definition) is 7. The molecule has 18 heteroatoms. The molecule has 7 N–H and O–H groups in total. The lowest BCUT2D eigenvalue weighted by molar-refractivity contribution is -0.216. The molecule has 378 valence electrons. The first kappa shape index (κ1) is 61.0. The third-order valence-corrected chi connectivity index (χ3v) is 12.4. The van der Waals surface area contributed by atoms with Gasteiger partial charge in [0.15, 0.2) is 6.10 Å². The molecule has 8 atom stereocenters. The molecule has 0 radical (unpaired) electrons. The van der Waals surface area contributed by atoms with Crippen LogP contribution in [0.25, 0.3) is 0 Å². The molecule has 5 unspecified atom stereocenters. The summed E-state index contributed by atoms with van der Waals surface area (Å²) in [4.78, 5) is 54.3. The van der Waals surface area contributed by atoms with E-state index in [1.54, 1.807) is 0 Å². The number of phosphoric acid groups is 2. The van der Waals surface area contributed by atoms with E-state index in [1.807, 2.05) is 0 Å². The number of carbonyl (C=O) groups excluding carboxylic acids is 2. The van der Waals surface area contributed by atoms with Gasteiger partial charge in [0, 0.05) is 12.8 Å². The molecule has 0 aromatic carbocycles. The van der Waals surface area contributed by atoms with Gasteiger partial charge < -0.3 is 44.6 Å². The van der Waals surface area contributed by atoms with Gasteiger partial charge in [0.05, 0.1) is 6.61 Å². The largest absolute Gasteiger partial charge is 0.472 e. The first-order valence-electron chi connectivity index (χ1n) is 24.2. The lowest BCUT2D eigenvalue weighted by Gasteiger charge is -2.43. The van der Waals surface area contributed by atoms with Crippen molar-refractivity contribution >= 4 is 27.6 Å². The van der Waals surface area contributed by atoms with E-state index in [4.69, 9.17) is 18.5 Å². The Balaban J connectivity index is 2.57. The number of carbonyl (C=O) groups is 2. The minimum Gasteiger partial charge on any atom is -0.462 e. The fourth-order valence-corrected chi connectivity index (χ4v) is 8.73. The summed E-state index contributed by atoms with van der Waals surface area (Å²) in [6, 6.07) is 0. The maximum absolute atomic E-state index is 13.0. The van der Waals surface area contributed by atoms with Crippen molar-refractivity contribution in [3.05, 3.63) is 48.6 Å². The minimum atomic E-state index is -5.36. The average molecular weight is 967 g/mol. The molecule has 0 bridgehead atoms. The Morgan fingerprint density at radius 2 is 0.938 bits per heavy atom. The summed E-state index contributed by atoms with van der Waals surface area (Å²) >= 11 is 0. The van der Waals surface area contributed by atoms with Crippen molar-refractivity contribution in [2.45, 2.75) is 224 Å². The van der Waals surface area contributed by atoms with Gasteiger partial charge in [-0.3, -0.25) is 23.2 Å². The molecule has 0 amide bonds. The van der Waals surface area contributed by atoms with Crippen molar-refractivity contribution in [1.82, 2.24) is 0 Å². The maximum Gasteiger partial charge on any atom is 0.472 e. The molecule has 0 heterocycles. The van der Waals surface area contributed by atoms with Crippen LogP contribution < -0.4 is 0 Å². The van der Waals surface area contributed by atoms with E-state index in [0.717, 1.165) is 89.9 Å². The Morgan fingerprint density at radius 3 is 1.43 bits per heavy atom. The molecule has 1 aliphatic carbocycles. The second-order valence-electron chi connectivity index (χ2n) is 16.8. The van der Waals surface area contributed by atoms with Crippen LogP contribution in [0.3, 0.4) is 0 Å². The summed E-state index contributed by atoms with van der Waals surface area (Å²) in [5, 5.41) is 41.2. The number of rotatable bonds is 40. The van der Waals surface area contributed by atoms with Crippen LogP contribution in [0.4, 0.5) is 0 Å². The van der Waals surface area contributed by atoms with Crippen LogP contribution >= 0.6 is 15.6 Å². The van der Waals surface area contributed by atoms with Crippen molar-refractivity contribution < 1.29 is 76.9 Å². The van der Waals surface area contributed by atoms with E-state index in [1.165, 1.54) is 51.4 Å². The van der Waals surface area contributed by atoms with E-state index in [-0.39, 0.29) is 12.8 Å². The van der Waals surface area contributed by atoms with Crippen LogP contribution in [-0.4, -0.2) is 103 Å². The predicted octanol–water partition coefficient (Wildman–Crippen LogP) is 9.29. The van der Waals surface area contributed by atoms with Crippen molar-refractivity contribution in [2.75, 3.05) is 13.2 Å². The zero-order chi connectivity index (χ0) is 48.2. The SMILES string of the molecule is CCC=CCC=CCC=CCC=CCCCCCCCCC(=O)OC[C@H](COP(=O)(O)O[C@H]1C(O)C(O)C(O)[C@@H](OP(=O)(O)O)C1O)OC(=O)CCCCCCCCCCCCCCC. The number of allylic oxidation sites excluding steroid dienone is 8. The van der Waals surface area contributed by atoms with Crippen LogP contribution in [0, 0.1) is 0 Å². The molecule has 1 rings (SSSR count). The van der Waals surface area contributed by atoms with Gasteiger partial charge in [-0.15, -0.1) is 0 Å². The Hall–Kier alpha value is -2.04. The van der Waals surface area contributed by atoms with Crippen molar-refractivity contribution in [2.24, 2.45) is 0 Å². The fraction of sp³-hybridized carbons (Fsp3) is 0.787. The van der Waals surface area contributed by atoms with Gasteiger partial charge in [-0.25, -0.2) is 9.13 Å². The van der Waals surface area contributed by atoms with Gasteiger partial charge in [-0.1, -0.05) is 165 Å². The first-order valence-corrected chi connectivity index (χ1v) is 27.2. The Labute approximate surface area is 388 Å². The molecule has 0 aromatic heterocycles. The quantitative estimate of drug-likeness (QED) is 0.0131. The van der Waals surface area contributed by atoms with Gasteiger partial charge in [0.1, 0.15) is 43.2 Å². The molecule has 65 heavy (non-hydrogen) atoms. The normalized spacial score (nSPS) is 22.0. The topological polar surface area (TPSA) is 256 Å². The summed E-state index contributed by atoms with van der Waals surface area (Å²) < 4.78 is 49.4. The number of hydrogen-bond acceptors (Lipinski definition) is 13. The van der Waals surface area contributed by atoms with Gasteiger partial charge >= 0.3 is 27.6 Å². The van der Waals surface area contributed by atoms with Crippen LogP contribution in [-0.2, 0) is 41.8 Å². The van der Waals surface area contributed by atoms with E-state index < -0.39 is 83.5 Å². The standard InChI is InChI=1S/C47H84O16P2/c1-3-5-7-9-11-13-15-17-18-19-20-21-22-24-25-27-29-31-33-35-40(48)59-37-39(61-41(49)36-34-32-30-28-26-23-16-14-12-10-8-6-4-2)38-60-65(57,58)63-47-44(52)42(50)43(51)46(45(47)53)62-64(54,55)56/h5,7,11,13,17-18,20-21,39,42-47,50-53H,3-4,6,8-10,12,14-16,19,22-38H2,1-2H3,(H,57,58)(H2,54,55,56)/t39-,42?,43?,44?,45?,46-,47+/m1/s1. The molecular formula is C47H84O16P2. The van der Waals surface area contributed by atoms with Crippen molar-refractivity contribution in [3.8, 4) is 0 Å². The van der Waals surface area contributed by atoms with Crippen LogP contribution in [0.15, 0.2) is 48.6 Å². The average Bonchev–Trinajstić information content (AvgIpc) is 3.26. The fourth-order valence-electron chi connectivity index (χ4n) is 7.19. The van der Waals surface area contributed by atoms with Gasteiger partial charge in [0.25, 0.3) is 0 Å². The molecule has 0 spiro atoms. The summed E-state index contributed by atoms with van der Waals surface area (Å²) in [5.41, 5.74) is 0. The summed E-state index contributed by atoms with van der Waals surface area (Å²) in [6.07, 6.45) is 27.8. The summed E-state index contributed by atoms with van der Waals surface area (Å²) in [7, 11) is -10.7. The molecule has 1 aliphatic rings. The van der Waals surface area contributed by atoms with Gasteiger partial charge in [0.2, 0.25) is 0 Å². The third-order valence-electron chi connectivity index (χ3n) is 10.9. The monoisotopic (exact) mass is 967 g/mol. The highest BCUT2D eigenvalue weighted by molar-refractivity contribution is 7.47. The molecule has 0 aromatic rings. The summed E-state index contributed by atoms with van der Waals surface area (Å²) in [6.45, 7) is 2.99. The third kappa shape index (κ3) is 32.4. The smallest absolute Gasteiger partial charge is 0.462 e. The van der Waals surface area contributed by atoms with Crippen LogP contribution in [0.1, 0.15) is 181 Å². The van der Waals surface area contributed by atoms with Crippen molar-refractivity contribution in [1.29, 1.82) is 0 Å². The molecule has 1 fully saturated rings. The van der Waals surface area contributed by atoms with E-state index >= 15 is 0 Å². The number of aliphatic hydroxyl groups is 4. The molecule has 1 saturated carbocycles. The lowest BCUT2D eigenvalue weighted by atomic mass is 9.85. The van der Waals surface area contributed by atoms with Crippen molar-refractivity contribution in [3.63, 3.8) is 0 Å². The Bertz CT molecular complexity index is 1450. The van der Waals surface area contributed by atoms with Crippen LogP contribution in [0.5, 0.6) is 0 Å². The number of ether oxygens (including phenoxy) is 2. The van der Waals surface area contributed by atoms with Gasteiger partial charge in [-0.05, 0) is 51.4 Å².